The number of methoxy groups -OCH3 is 1. The number of hydrogen-bond donors (Lipinski definition) is 2. The number of furan rings is 1. The van der Waals surface area contributed by atoms with Gasteiger partial charge < -0.3 is 14.1 Å². The standard InChI is InChI=1S/C18H16N4O2/c1-11(16-10-12-6-5-9-15(23-2)17(12)24-16)21-22-18-19-13-7-3-4-8-14(13)20-18/h3-10H,1-2H3,(H2,19,20,22)/b21-11-. The molecule has 4 aromatic rings. The molecule has 4 rings (SSSR count). The number of H-pyrrole nitrogens is 1. The van der Waals surface area contributed by atoms with Crippen LogP contribution in [0.2, 0.25) is 0 Å². The van der Waals surface area contributed by atoms with Crippen molar-refractivity contribution in [3.8, 4) is 5.75 Å². The molecule has 2 aromatic heterocycles. The molecule has 6 heteroatoms. The number of nitrogens with one attached hydrogen (secondary N) is 2. The average molecular weight is 320 g/mol. The number of ether oxygens (including phenoxy) is 1. The highest BCUT2D eigenvalue weighted by Crippen LogP contribution is 2.28. The van der Waals surface area contributed by atoms with Crippen molar-refractivity contribution >= 4 is 33.7 Å². The van der Waals surface area contributed by atoms with E-state index >= 15 is 0 Å². The van der Waals surface area contributed by atoms with E-state index in [9.17, 15) is 0 Å². The van der Waals surface area contributed by atoms with Crippen molar-refractivity contribution < 1.29 is 9.15 Å². The summed E-state index contributed by atoms with van der Waals surface area (Å²) in [6.07, 6.45) is 0. The van der Waals surface area contributed by atoms with E-state index in [0.29, 0.717) is 28.8 Å². The highest BCUT2D eigenvalue weighted by atomic mass is 16.5. The number of rotatable bonds is 4. The van der Waals surface area contributed by atoms with Crippen LogP contribution in [0.1, 0.15) is 12.7 Å². The van der Waals surface area contributed by atoms with Crippen LogP contribution in [-0.4, -0.2) is 22.8 Å². The molecule has 0 aliphatic rings. The van der Waals surface area contributed by atoms with Gasteiger partial charge in [-0.2, -0.15) is 5.10 Å². The molecule has 0 fully saturated rings. The van der Waals surface area contributed by atoms with Gasteiger partial charge in [-0.15, -0.1) is 0 Å². The first-order valence-corrected chi connectivity index (χ1v) is 7.56. The van der Waals surface area contributed by atoms with Crippen LogP contribution in [0.3, 0.4) is 0 Å². The largest absolute Gasteiger partial charge is 0.493 e. The predicted molar refractivity (Wildman–Crippen MR) is 94.7 cm³/mol. The summed E-state index contributed by atoms with van der Waals surface area (Å²) in [6.45, 7) is 1.87. The van der Waals surface area contributed by atoms with E-state index in [0.717, 1.165) is 16.4 Å². The molecule has 120 valence electrons. The van der Waals surface area contributed by atoms with Gasteiger partial charge in [0.05, 0.1) is 18.1 Å². The Morgan fingerprint density at radius 2 is 2.08 bits per heavy atom. The van der Waals surface area contributed by atoms with Gasteiger partial charge in [0.15, 0.2) is 17.1 Å². The van der Waals surface area contributed by atoms with Gasteiger partial charge in [0.25, 0.3) is 0 Å². The fourth-order valence-corrected chi connectivity index (χ4v) is 2.57. The van der Waals surface area contributed by atoms with E-state index < -0.39 is 0 Å². The maximum Gasteiger partial charge on any atom is 0.222 e. The molecule has 0 saturated heterocycles. The third-order valence-corrected chi connectivity index (χ3v) is 3.80. The highest BCUT2D eigenvalue weighted by Gasteiger charge is 2.10. The van der Waals surface area contributed by atoms with Gasteiger partial charge in [-0.25, -0.2) is 10.4 Å². The Morgan fingerprint density at radius 1 is 1.21 bits per heavy atom. The van der Waals surface area contributed by atoms with Crippen molar-refractivity contribution in [2.24, 2.45) is 5.10 Å². The van der Waals surface area contributed by atoms with Crippen LogP contribution in [0.25, 0.3) is 22.0 Å². The van der Waals surface area contributed by atoms with Crippen LogP contribution in [0.5, 0.6) is 5.75 Å². The molecule has 0 amide bonds. The van der Waals surface area contributed by atoms with Gasteiger partial charge in [-0.05, 0) is 31.2 Å². The summed E-state index contributed by atoms with van der Waals surface area (Å²) in [7, 11) is 1.63. The number of aromatic nitrogens is 2. The number of nitrogens with zero attached hydrogens (tertiary/aromatic N) is 2. The molecule has 0 bridgehead atoms. The topological polar surface area (TPSA) is 75.4 Å². The second kappa shape index (κ2) is 5.73. The van der Waals surface area contributed by atoms with Crippen molar-refractivity contribution in [3.05, 3.63) is 54.3 Å². The third-order valence-electron chi connectivity index (χ3n) is 3.80. The lowest BCUT2D eigenvalue weighted by Gasteiger charge is -1.99. The molecule has 0 atom stereocenters. The fraction of sp³-hybridized carbons (Fsp3) is 0.111. The number of hydrazone groups is 1. The lowest BCUT2D eigenvalue weighted by molar-refractivity contribution is 0.410. The van der Waals surface area contributed by atoms with E-state index in [2.05, 4.69) is 20.5 Å². The van der Waals surface area contributed by atoms with Crippen LogP contribution in [0.4, 0.5) is 5.95 Å². The minimum Gasteiger partial charge on any atom is -0.493 e. The van der Waals surface area contributed by atoms with Crippen LogP contribution < -0.4 is 10.2 Å². The van der Waals surface area contributed by atoms with Crippen molar-refractivity contribution in [3.63, 3.8) is 0 Å². The van der Waals surface area contributed by atoms with Gasteiger partial charge in [0, 0.05) is 5.39 Å². The number of para-hydroxylation sites is 3. The summed E-state index contributed by atoms with van der Waals surface area (Å²) in [6, 6.07) is 15.5. The minimum atomic E-state index is 0.587. The molecule has 6 nitrogen and oxygen atoms in total. The summed E-state index contributed by atoms with van der Waals surface area (Å²) in [4.78, 5) is 7.59. The van der Waals surface area contributed by atoms with E-state index in [4.69, 9.17) is 9.15 Å². The summed E-state index contributed by atoms with van der Waals surface area (Å²) in [5.41, 5.74) is 6.22. The summed E-state index contributed by atoms with van der Waals surface area (Å²) in [5, 5.41) is 5.32. The molecule has 0 aliphatic heterocycles. The van der Waals surface area contributed by atoms with Gasteiger partial charge in [-0.1, -0.05) is 24.3 Å². The number of fused-ring (bicyclic) bond motifs is 2. The molecule has 0 aliphatic carbocycles. The second-order valence-corrected chi connectivity index (χ2v) is 5.40. The Balaban J connectivity index is 1.62. The second-order valence-electron chi connectivity index (χ2n) is 5.40. The van der Waals surface area contributed by atoms with Crippen LogP contribution in [0.15, 0.2) is 58.0 Å². The molecule has 0 saturated carbocycles. The zero-order chi connectivity index (χ0) is 16.5. The Kier molecular flexibility index (Phi) is 3.42. The Morgan fingerprint density at radius 3 is 2.92 bits per heavy atom. The van der Waals surface area contributed by atoms with Crippen molar-refractivity contribution in [1.82, 2.24) is 9.97 Å². The molecule has 2 heterocycles. The molecule has 0 radical (unpaired) electrons. The average Bonchev–Trinajstić information content (AvgIpc) is 3.22. The normalized spacial score (nSPS) is 12.0. The number of benzene rings is 2. The first-order valence-electron chi connectivity index (χ1n) is 7.56. The summed E-state index contributed by atoms with van der Waals surface area (Å²) in [5.74, 6) is 1.97. The molecule has 0 unspecified atom stereocenters. The van der Waals surface area contributed by atoms with Crippen molar-refractivity contribution in [2.45, 2.75) is 6.92 Å². The fourth-order valence-electron chi connectivity index (χ4n) is 2.57. The van der Waals surface area contributed by atoms with Gasteiger partial charge in [0.1, 0.15) is 5.71 Å². The lowest BCUT2D eigenvalue weighted by Crippen LogP contribution is -1.99. The quantitative estimate of drug-likeness (QED) is 0.437. The van der Waals surface area contributed by atoms with Crippen LogP contribution >= 0.6 is 0 Å². The van der Waals surface area contributed by atoms with Crippen LogP contribution in [-0.2, 0) is 0 Å². The van der Waals surface area contributed by atoms with Gasteiger partial charge in [-0.3, -0.25) is 0 Å². The van der Waals surface area contributed by atoms with E-state index in [1.54, 1.807) is 7.11 Å². The van der Waals surface area contributed by atoms with Crippen molar-refractivity contribution in [2.75, 3.05) is 12.5 Å². The first kappa shape index (κ1) is 14.3. The highest BCUT2D eigenvalue weighted by molar-refractivity contribution is 6.00. The number of anilines is 1. The van der Waals surface area contributed by atoms with Crippen LogP contribution in [0, 0.1) is 0 Å². The molecule has 2 N–H and O–H groups in total. The zero-order valence-electron chi connectivity index (χ0n) is 13.3. The number of hydrogen-bond acceptors (Lipinski definition) is 5. The molecule has 2 aromatic carbocycles. The third kappa shape index (κ3) is 2.48. The molecule has 24 heavy (non-hydrogen) atoms. The predicted octanol–water partition coefficient (Wildman–Crippen LogP) is 4.15. The number of imidazole rings is 1. The van der Waals surface area contributed by atoms with Gasteiger partial charge >= 0.3 is 0 Å². The maximum atomic E-state index is 5.87. The molecule has 0 spiro atoms. The summed E-state index contributed by atoms with van der Waals surface area (Å²) >= 11 is 0. The van der Waals surface area contributed by atoms with E-state index in [1.807, 2.05) is 55.5 Å². The smallest absolute Gasteiger partial charge is 0.222 e. The van der Waals surface area contributed by atoms with E-state index in [-0.39, 0.29) is 0 Å². The van der Waals surface area contributed by atoms with E-state index in [1.165, 1.54) is 0 Å². The first-order chi connectivity index (χ1) is 11.7. The number of aromatic amines is 1. The monoisotopic (exact) mass is 320 g/mol. The molecular formula is C18H16N4O2. The molecular weight excluding hydrogens is 304 g/mol. The Hall–Kier alpha value is -3.28. The Labute approximate surface area is 138 Å². The SMILES string of the molecule is COc1cccc2cc(/C(C)=N\Nc3nc4ccccc4[nH]3)oc12. The Bertz CT molecular complexity index is 1010. The summed E-state index contributed by atoms with van der Waals surface area (Å²) < 4.78 is 11.2. The zero-order valence-corrected chi connectivity index (χ0v) is 13.3. The maximum absolute atomic E-state index is 5.87. The van der Waals surface area contributed by atoms with Gasteiger partial charge in [0.2, 0.25) is 5.95 Å². The minimum absolute atomic E-state index is 0.587. The van der Waals surface area contributed by atoms with Crippen molar-refractivity contribution in [1.29, 1.82) is 0 Å². The lowest BCUT2D eigenvalue weighted by atomic mass is 10.2.